The van der Waals surface area contributed by atoms with Crippen LogP contribution in [0.4, 0.5) is 0 Å². The Kier molecular flexibility index (Phi) is 6.17. The zero-order valence-electron chi connectivity index (χ0n) is 10.2. The Morgan fingerprint density at radius 2 is 1.80 bits per heavy atom. The fraction of sp³-hybridized carbons (Fsp3) is 1.00. The lowest BCUT2D eigenvalue weighted by Crippen LogP contribution is -2.46. The number of rotatable bonds is 6. The van der Waals surface area contributed by atoms with Gasteiger partial charge in [-0.15, -0.1) is 0 Å². The smallest absolute Gasteiger partial charge is 0.0443 e. The predicted molar refractivity (Wildman–Crippen MR) is 63.1 cm³/mol. The number of aliphatic hydroxyl groups excluding tert-OH is 1. The second-order valence-corrected chi connectivity index (χ2v) is 4.53. The number of piperazine rings is 1. The van der Waals surface area contributed by atoms with Crippen LogP contribution in [0.25, 0.3) is 0 Å². The standard InChI is InChI=1S/C11H25N3O/c1-12(4-3-11-15)5-8-14-9-6-13(2)7-10-14/h15H,3-11H2,1-2H3. The molecule has 1 aliphatic rings. The minimum absolute atomic E-state index is 0.304. The summed E-state index contributed by atoms with van der Waals surface area (Å²) in [5, 5.41) is 8.72. The highest BCUT2D eigenvalue weighted by Crippen LogP contribution is 1.99. The lowest BCUT2D eigenvalue weighted by molar-refractivity contribution is 0.139. The third-order valence-corrected chi connectivity index (χ3v) is 3.09. The topological polar surface area (TPSA) is 30.0 Å². The Hall–Kier alpha value is -0.160. The molecule has 15 heavy (non-hydrogen) atoms. The molecule has 0 aromatic heterocycles. The molecule has 1 aliphatic heterocycles. The Morgan fingerprint density at radius 3 is 2.40 bits per heavy atom. The molecule has 4 heteroatoms. The van der Waals surface area contributed by atoms with E-state index in [0.29, 0.717) is 6.61 Å². The van der Waals surface area contributed by atoms with E-state index in [1.165, 1.54) is 26.2 Å². The third kappa shape index (κ3) is 5.47. The van der Waals surface area contributed by atoms with Crippen molar-refractivity contribution in [3.63, 3.8) is 0 Å². The van der Waals surface area contributed by atoms with E-state index >= 15 is 0 Å². The van der Waals surface area contributed by atoms with Gasteiger partial charge < -0.3 is 14.9 Å². The first-order valence-electron chi connectivity index (χ1n) is 5.92. The molecule has 0 amide bonds. The van der Waals surface area contributed by atoms with Gasteiger partial charge >= 0.3 is 0 Å². The largest absolute Gasteiger partial charge is 0.396 e. The van der Waals surface area contributed by atoms with Gasteiger partial charge in [0, 0.05) is 52.4 Å². The lowest BCUT2D eigenvalue weighted by Gasteiger charge is -2.33. The molecular formula is C11H25N3O. The van der Waals surface area contributed by atoms with Crippen molar-refractivity contribution in [2.45, 2.75) is 6.42 Å². The fourth-order valence-electron chi connectivity index (χ4n) is 1.84. The first kappa shape index (κ1) is 12.9. The molecule has 0 spiro atoms. The van der Waals surface area contributed by atoms with E-state index in [2.05, 4.69) is 28.8 Å². The number of hydrogen-bond acceptors (Lipinski definition) is 4. The van der Waals surface area contributed by atoms with Crippen molar-refractivity contribution >= 4 is 0 Å². The van der Waals surface area contributed by atoms with Crippen molar-refractivity contribution < 1.29 is 5.11 Å². The van der Waals surface area contributed by atoms with E-state index in [-0.39, 0.29) is 0 Å². The monoisotopic (exact) mass is 215 g/mol. The van der Waals surface area contributed by atoms with Crippen LogP contribution in [0, 0.1) is 0 Å². The molecule has 0 atom stereocenters. The van der Waals surface area contributed by atoms with E-state index in [4.69, 9.17) is 5.11 Å². The van der Waals surface area contributed by atoms with Gasteiger partial charge in [-0.3, -0.25) is 4.90 Å². The molecular weight excluding hydrogens is 190 g/mol. The molecule has 1 saturated heterocycles. The normalized spacial score (nSPS) is 20.0. The first-order chi connectivity index (χ1) is 7.22. The molecule has 0 bridgehead atoms. The molecule has 90 valence electrons. The Labute approximate surface area is 93.5 Å². The van der Waals surface area contributed by atoms with Crippen molar-refractivity contribution in [3.05, 3.63) is 0 Å². The molecule has 1 rings (SSSR count). The predicted octanol–water partition coefficient (Wildman–Crippen LogP) is -0.452. The van der Waals surface area contributed by atoms with Gasteiger partial charge in [-0.2, -0.15) is 0 Å². The number of likely N-dealkylation sites (N-methyl/N-ethyl adjacent to an activating group) is 2. The van der Waals surface area contributed by atoms with E-state index in [0.717, 1.165) is 26.1 Å². The molecule has 0 saturated carbocycles. The lowest BCUT2D eigenvalue weighted by atomic mass is 10.3. The third-order valence-electron chi connectivity index (χ3n) is 3.09. The van der Waals surface area contributed by atoms with Crippen molar-refractivity contribution in [1.82, 2.24) is 14.7 Å². The second-order valence-electron chi connectivity index (χ2n) is 4.53. The quantitative estimate of drug-likeness (QED) is 0.650. The maximum absolute atomic E-state index is 8.72. The highest BCUT2D eigenvalue weighted by atomic mass is 16.3. The average Bonchev–Trinajstić information content (AvgIpc) is 2.25. The maximum Gasteiger partial charge on any atom is 0.0443 e. The van der Waals surface area contributed by atoms with Crippen LogP contribution in [0.15, 0.2) is 0 Å². The summed E-state index contributed by atoms with van der Waals surface area (Å²) in [4.78, 5) is 7.20. The highest BCUT2D eigenvalue weighted by Gasteiger charge is 2.13. The van der Waals surface area contributed by atoms with E-state index in [9.17, 15) is 0 Å². The fourth-order valence-corrected chi connectivity index (χ4v) is 1.84. The van der Waals surface area contributed by atoms with E-state index < -0.39 is 0 Å². The number of aliphatic hydroxyl groups is 1. The summed E-state index contributed by atoms with van der Waals surface area (Å²) >= 11 is 0. The van der Waals surface area contributed by atoms with Gasteiger partial charge in [-0.05, 0) is 20.5 Å². The summed E-state index contributed by atoms with van der Waals surface area (Å²) < 4.78 is 0. The number of nitrogens with zero attached hydrogens (tertiary/aromatic N) is 3. The molecule has 0 aliphatic carbocycles. The van der Waals surface area contributed by atoms with Gasteiger partial charge in [-0.25, -0.2) is 0 Å². The van der Waals surface area contributed by atoms with Crippen LogP contribution in [-0.2, 0) is 0 Å². The van der Waals surface area contributed by atoms with Gasteiger partial charge in [0.05, 0.1) is 0 Å². The SMILES string of the molecule is CN(CCCO)CCN1CCN(C)CC1. The van der Waals surface area contributed by atoms with Crippen molar-refractivity contribution in [2.75, 3.05) is 66.5 Å². The Bertz CT molecular complexity index is 158. The van der Waals surface area contributed by atoms with Gasteiger partial charge in [-0.1, -0.05) is 0 Å². The summed E-state index contributed by atoms with van der Waals surface area (Å²) in [6.45, 7) is 8.37. The van der Waals surface area contributed by atoms with Crippen molar-refractivity contribution in [2.24, 2.45) is 0 Å². The highest BCUT2D eigenvalue weighted by molar-refractivity contribution is 4.70. The van der Waals surface area contributed by atoms with Crippen LogP contribution in [0.5, 0.6) is 0 Å². The summed E-state index contributed by atoms with van der Waals surface area (Å²) in [6.07, 6.45) is 0.888. The first-order valence-corrected chi connectivity index (χ1v) is 5.92. The zero-order valence-corrected chi connectivity index (χ0v) is 10.2. The second kappa shape index (κ2) is 7.17. The van der Waals surface area contributed by atoms with Gasteiger partial charge in [0.15, 0.2) is 0 Å². The zero-order chi connectivity index (χ0) is 11.1. The van der Waals surface area contributed by atoms with Gasteiger partial charge in [0.25, 0.3) is 0 Å². The molecule has 1 N–H and O–H groups in total. The maximum atomic E-state index is 8.72. The van der Waals surface area contributed by atoms with Crippen LogP contribution in [0.2, 0.25) is 0 Å². The van der Waals surface area contributed by atoms with Crippen LogP contribution in [-0.4, -0.2) is 86.3 Å². The van der Waals surface area contributed by atoms with Crippen LogP contribution in [0.3, 0.4) is 0 Å². The van der Waals surface area contributed by atoms with Crippen LogP contribution >= 0.6 is 0 Å². The summed E-state index contributed by atoms with van der Waals surface area (Å²) in [7, 11) is 4.32. The Morgan fingerprint density at radius 1 is 1.13 bits per heavy atom. The van der Waals surface area contributed by atoms with E-state index in [1.807, 2.05) is 0 Å². The molecule has 0 radical (unpaired) electrons. The van der Waals surface area contributed by atoms with Gasteiger partial charge in [0.2, 0.25) is 0 Å². The molecule has 0 aromatic rings. The van der Waals surface area contributed by atoms with Crippen LogP contribution in [0.1, 0.15) is 6.42 Å². The average molecular weight is 215 g/mol. The summed E-state index contributed by atoms with van der Waals surface area (Å²) in [5.74, 6) is 0. The van der Waals surface area contributed by atoms with E-state index in [1.54, 1.807) is 0 Å². The molecule has 0 aromatic carbocycles. The molecule has 4 nitrogen and oxygen atoms in total. The van der Waals surface area contributed by atoms with Crippen molar-refractivity contribution in [1.29, 1.82) is 0 Å². The number of hydrogen-bond donors (Lipinski definition) is 1. The molecule has 1 heterocycles. The summed E-state index contributed by atoms with van der Waals surface area (Å²) in [6, 6.07) is 0. The molecule has 1 fully saturated rings. The summed E-state index contributed by atoms with van der Waals surface area (Å²) in [5.41, 5.74) is 0. The van der Waals surface area contributed by atoms with Crippen LogP contribution < -0.4 is 0 Å². The van der Waals surface area contributed by atoms with Gasteiger partial charge in [0.1, 0.15) is 0 Å². The molecule has 0 unspecified atom stereocenters. The van der Waals surface area contributed by atoms with Crippen molar-refractivity contribution in [3.8, 4) is 0 Å². The minimum atomic E-state index is 0.304. The minimum Gasteiger partial charge on any atom is -0.396 e. The Balaban J connectivity index is 2.04.